The van der Waals surface area contributed by atoms with E-state index in [4.69, 9.17) is 5.26 Å². The number of nitrogens with one attached hydrogen (secondary N) is 2. The highest BCUT2D eigenvalue weighted by atomic mass is 32.2. The lowest BCUT2D eigenvalue weighted by Gasteiger charge is -2.04. The molecule has 0 atom stereocenters. The summed E-state index contributed by atoms with van der Waals surface area (Å²) in [6.45, 7) is 0. The molecule has 1 heterocycles. The molecule has 1 amide bonds. The van der Waals surface area contributed by atoms with Crippen LogP contribution in [0.1, 0.15) is 12.0 Å². The molecule has 0 unspecified atom stereocenters. The zero-order valence-electron chi connectivity index (χ0n) is 10.1. The number of anilines is 1. The third-order valence-corrected chi connectivity index (χ3v) is 3.24. The van der Waals surface area contributed by atoms with Crippen LogP contribution in [0, 0.1) is 11.3 Å². The highest BCUT2D eigenvalue weighted by Gasteiger charge is 2.04. The molecule has 5 nitrogen and oxygen atoms in total. The van der Waals surface area contributed by atoms with Crippen LogP contribution in [-0.4, -0.2) is 21.6 Å². The van der Waals surface area contributed by atoms with Gasteiger partial charge in [-0.25, -0.2) is 4.98 Å². The minimum Gasteiger partial charge on any atom is -0.340 e. The van der Waals surface area contributed by atoms with Crippen molar-refractivity contribution in [1.82, 2.24) is 9.97 Å². The number of amides is 1. The Hall–Kier alpha value is -2.26. The molecular weight excluding hydrogens is 260 g/mol. The molecule has 0 aliphatic carbocycles. The van der Waals surface area contributed by atoms with E-state index in [1.807, 2.05) is 6.07 Å². The van der Waals surface area contributed by atoms with E-state index in [9.17, 15) is 4.79 Å². The normalized spacial score (nSPS) is 9.84. The number of H-pyrrole nitrogens is 1. The molecule has 1 aromatic carbocycles. The van der Waals surface area contributed by atoms with Crippen molar-refractivity contribution in [1.29, 1.82) is 5.26 Å². The van der Waals surface area contributed by atoms with Gasteiger partial charge in [-0.1, -0.05) is 11.8 Å². The Morgan fingerprint density at radius 1 is 1.42 bits per heavy atom. The number of aromatic amines is 1. The Labute approximate surface area is 115 Å². The molecule has 0 aliphatic rings. The van der Waals surface area contributed by atoms with E-state index < -0.39 is 0 Å². The molecule has 0 bridgehead atoms. The second-order valence-electron chi connectivity index (χ2n) is 3.73. The first kappa shape index (κ1) is 13.2. The molecule has 2 aromatic rings. The van der Waals surface area contributed by atoms with Gasteiger partial charge in [0.15, 0.2) is 5.16 Å². The number of carbonyl (C=O) groups excluding carboxylic acids is 1. The van der Waals surface area contributed by atoms with E-state index in [-0.39, 0.29) is 5.91 Å². The van der Waals surface area contributed by atoms with Gasteiger partial charge in [0.05, 0.1) is 11.6 Å². The zero-order chi connectivity index (χ0) is 13.5. The number of hydrogen-bond donors (Lipinski definition) is 2. The number of imidazole rings is 1. The summed E-state index contributed by atoms with van der Waals surface area (Å²) in [4.78, 5) is 18.7. The van der Waals surface area contributed by atoms with Crippen LogP contribution in [0.5, 0.6) is 0 Å². The molecule has 0 aliphatic heterocycles. The predicted molar refractivity (Wildman–Crippen MR) is 73.7 cm³/mol. The summed E-state index contributed by atoms with van der Waals surface area (Å²) < 4.78 is 0. The van der Waals surface area contributed by atoms with E-state index in [2.05, 4.69) is 15.3 Å². The maximum absolute atomic E-state index is 11.7. The summed E-state index contributed by atoms with van der Waals surface area (Å²) in [6, 6.07) is 8.82. The minimum absolute atomic E-state index is 0.0521. The summed E-state index contributed by atoms with van der Waals surface area (Å²) in [7, 11) is 0. The van der Waals surface area contributed by atoms with Crippen LogP contribution >= 0.6 is 11.8 Å². The number of aromatic nitrogens is 2. The lowest BCUT2D eigenvalue weighted by Crippen LogP contribution is -2.12. The Morgan fingerprint density at radius 2 is 2.21 bits per heavy atom. The molecule has 2 N–H and O–H groups in total. The zero-order valence-corrected chi connectivity index (χ0v) is 10.9. The van der Waals surface area contributed by atoms with Gasteiger partial charge in [0, 0.05) is 30.3 Å². The molecular formula is C13H12N4OS. The Bertz CT molecular complexity index is 572. The number of hydrogen-bond acceptors (Lipinski definition) is 4. The fourth-order valence-corrected chi connectivity index (χ4v) is 2.19. The average Bonchev–Trinajstić information content (AvgIpc) is 2.93. The average molecular weight is 272 g/mol. The standard InChI is InChI=1S/C13H12N4OS/c14-9-10-1-3-11(4-2-10)17-12(18)5-8-19-13-15-6-7-16-13/h1-4,6-7H,5,8H2,(H,15,16)(H,17,18). The molecule has 19 heavy (non-hydrogen) atoms. The number of benzene rings is 1. The van der Waals surface area contributed by atoms with Crippen molar-refractivity contribution in [2.24, 2.45) is 0 Å². The number of nitrogens with zero attached hydrogens (tertiary/aromatic N) is 2. The third-order valence-electron chi connectivity index (χ3n) is 2.34. The van der Waals surface area contributed by atoms with Crippen LogP contribution in [0.2, 0.25) is 0 Å². The fourth-order valence-electron chi connectivity index (χ4n) is 1.42. The van der Waals surface area contributed by atoms with E-state index in [1.165, 1.54) is 11.8 Å². The van der Waals surface area contributed by atoms with Gasteiger partial charge in [-0.15, -0.1) is 0 Å². The van der Waals surface area contributed by atoms with Gasteiger partial charge in [-0.3, -0.25) is 4.79 Å². The highest BCUT2D eigenvalue weighted by molar-refractivity contribution is 7.99. The van der Waals surface area contributed by atoms with Crippen molar-refractivity contribution in [3.05, 3.63) is 42.2 Å². The Morgan fingerprint density at radius 3 is 2.84 bits per heavy atom. The first-order chi connectivity index (χ1) is 9.28. The smallest absolute Gasteiger partial charge is 0.225 e. The van der Waals surface area contributed by atoms with Crippen molar-refractivity contribution in [3.8, 4) is 6.07 Å². The van der Waals surface area contributed by atoms with Crippen molar-refractivity contribution >= 4 is 23.4 Å². The second-order valence-corrected chi connectivity index (χ2v) is 4.81. The quantitative estimate of drug-likeness (QED) is 0.819. The lowest BCUT2D eigenvalue weighted by atomic mass is 10.2. The first-order valence-corrected chi connectivity index (χ1v) is 6.68. The molecule has 0 saturated heterocycles. The predicted octanol–water partition coefficient (Wildman–Crippen LogP) is 2.40. The van der Waals surface area contributed by atoms with Crippen molar-refractivity contribution in [2.45, 2.75) is 11.6 Å². The summed E-state index contributed by atoms with van der Waals surface area (Å²) in [5.74, 6) is 0.610. The number of nitriles is 1. The third kappa shape index (κ3) is 4.16. The monoisotopic (exact) mass is 272 g/mol. The summed E-state index contributed by atoms with van der Waals surface area (Å²) in [5.41, 5.74) is 1.28. The van der Waals surface area contributed by atoms with Gasteiger partial charge >= 0.3 is 0 Å². The largest absolute Gasteiger partial charge is 0.340 e. The SMILES string of the molecule is N#Cc1ccc(NC(=O)CCSc2ncc[nH]2)cc1. The maximum Gasteiger partial charge on any atom is 0.225 e. The van der Waals surface area contributed by atoms with Crippen molar-refractivity contribution < 1.29 is 4.79 Å². The van der Waals surface area contributed by atoms with Gasteiger partial charge in [-0.05, 0) is 24.3 Å². The highest BCUT2D eigenvalue weighted by Crippen LogP contribution is 2.14. The van der Waals surface area contributed by atoms with E-state index in [1.54, 1.807) is 36.7 Å². The van der Waals surface area contributed by atoms with Crippen molar-refractivity contribution in [2.75, 3.05) is 11.1 Å². The van der Waals surface area contributed by atoms with Crippen LogP contribution in [-0.2, 0) is 4.79 Å². The van der Waals surface area contributed by atoms with Gasteiger partial charge in [0.1, 0.15) is 0 Å². The summed E-state index contributed by atoms with van der Waals surface area (Å²) in [5, 5.41) is 12.3. The molecule has 0 radical (unpaired) electrons. The molecule has 1 aromatic heterocycles. The van der Waals surface area contributed by atoms with E-state index in [0.29, 0.717) is 23.4 Å². The molecule has 0 fully saturated rings. The fraction of sp³-hybridized carbons (Fsp3) is 0.154. The van der Waals surface area contributed by atoms with Crippen LogP contribution in [0.25, 0.3) is 0 Å². The van der Waals surface area contributed by atoms with Gasteiger partial charge in [0.25, 0.3) is 0 Å². The summed E-state index contributed by atoms with van der Waals surface area (Å²) >= 11 is 1.50. The van der Waals surface area contributed by atoms with E-state index >= 15 is 0 Å². The van der Waals surface area contributed by atoms with E-state index in [0.717, 1.165) is 5.16 Å². The van der Waals surface area contributed by atoms with Gasteiger partial charge in [-0.2, -0.15) is 5.26 Å². The van der Waals surface area contributed by atoms with Crippen LogP contribution < -0.4 is 5.32 Å². The molecule has 2 rings (SSSR count). The Balaban J connectivity index is 1.76. The Kier molecular flexibility index (Phi) is 4.59. The number of rotatable bonds is 5. The molecule has 0 spiro atoms. The first-order valence-electron chi connectivity index (χ1n) is 5.70. The van der Waals surface area contributed by atoms with Crippen molar-refractivity contribution in [3.63, 3.8) is 0 Å². The van der Waals surface area contributed by atoms with Crippen LogP contribution in [0.3, 0.4) is 0 Å². The van der Waals surface area contributed by atoms with Crippen LogP contribution in [0.15, 0.2) is 41.8 Å². The van der Waals surface area contributed by atoms with Gasteiger partial charge in [0.2, 0.25) is 5.91 Å². The second kappa shape index (κ2) is 6.61. The maximum atomic E-state index is 11.7. The lowest BCUT2D eigenvalue weighted by molar-refractivity contribution is -0.115. The molecule has 6 heteroatoms. The minimum atomic E-state index is -0.0521. The molecule has 0 saturated carbocycles. The topological polar surface area (TPSA) is 81.6 Å². The molecule has 96 valence electrons. The van der Waals surface area contributed by atoms with Crippen LogP contribution in [0.4, 0.5) is 5.69 Å². The number of carbonyl (C=O) groups is 1. The summed E-state index contributed by atoms with van der Waals surface area (Å²) in [6.07, 6.45) is 3.84. The van der Waals surface area contributed by atoms with Gasteiger partial charge < -0.3 is 10.3 Å². The number of thioether (sulfide) groups is 1.